The first kappa shape index (κ1) is 10.4. The highest BCUT2D eigenvalue weighted by atomic mass is 16.1. The van der Waals surface area contributed by atoms with E-state index in [1.54, 1.807) is 24.3 Å². The van der Waals surface area contributed by atoms with Crippen molar-refractivity contribution in [1.82, 2.24) is 9.97 Å². The second kappa shape index (κ2) is 4.52. The van der Waals surface area contributed by atoms with Crippen molar-refractivity contribution in [2.75, 3.05) is 18.5 Å². The van der Waals surface area contributed by atoms with Gasteiger partial charge in [-0.15, -0.1) is 0 Å². The van der Waals surface area contributed by atoms with Gasteiger partial charge < -0.3 is 16.4 Å². The maximum absolute atomic E-state index is 10.7. The molecule has 4 N–H and O–H groups in total. The van der Waals surface area contributed by atoms with Gasteiger partial charge in [0, 0.05) is 26.0 Å². The van der Waals surface area contributed by atoms with E-state index < -0.39 is 5.91 Å². The van der Waals surface area contributed by atoms with Gasteiger partial charge in [0.1, 0.15) is 0 Å². The average molecular weight is 195 g/mol. The van der Waals surface area contributed by atoms with E-state index in [0.29, 0.717) is 11.5 Å². The Morgan fingerprint density at radius 1 is 1.50 bits per heavy atom. The van der Waals surface area contributed by atoms with Crippen LogP contribution in [0.4, 0.5) is 5.82 Å². The van der Waals surface area contributed by atoms with Gasteiger partial charge in [-0.2, -0.15) is 0 Å². The number of hydrogen-bond donors (Lipinski definition) is 2. The van der Waals surface area contributed by atoms with Crippen molar-refractivity contribution in [3.63, 3.8) is 0 Å². The molecular formula is C8H13N5O. The Kier molecular flexibility index (Phi) is 3.35. The second-order valence-electron chi connectivity index (χ2n) is 2.85. The standard InChI is InChI=1S/C8H13N5O/c1-13(5-7(10)14)8-6(4-9)11-2-3-12-8/h2-3H,4-5,9H2,1H3,(H2,10,14). The Balaban J connectivity index is 2.87. The maximum Gasteiger partial charge on any atom is 0.236 e. The lowest BCUT2D eigenvalue weighted by atomic mass is 10.3. The molecule has 76 valence electrons. The molecule has 0 unspecified atom stereocenters. The van der Waals surface area contributed by atoms with E-state index in [1.165, 1.54) is 0 Å². The summed E-state index contributed by atoms with van der Waals surface area (Å²) in [5, 5.41) is 0. The summed E-state index contributed by atoms with van der Waals surface area (Å²) in [7, 11) is 1.72. The van der Waals surface area contributed by atoms with Crippen LogP contribution in [-0.4, -0.2) is 29.5 Å². The maximum atomic E-state index is 10.7. The molecule has 6 nitrogen and oxygen atoms in total. The number of anilines is 1. The lowest BCUT2D eigenvalue weighted by Crippen LogP contribution is -2.32. The summed E-state index contributed by atoms with van der Waals surface area (Å²) >= 11 is 0. The molecule has 1 rings (SSSR count). The molecule has 1 heterocycles. The van der Waals surface area contributed by atoms with Gasteiger partial charge in [0.05, 0.1) is 12.2 Å². The fourth-order valence-corrected chi connectivity index (χ4v) is 1.13. The van der Waals surface area contributed by atoms with Crippen LogP contribution >= 0.6 is 0 Å². The third kappa shape index (κ3) is 2.40. The zero-order valence-corrected chi connectivity index (χ0v) is 7.97. The number of aromatic nitrogens is 2. The quantitative estimate of drug-likeness (QED) is 0.632. The van der Waals surface area contributed by atoms with Gasteiger partial charge in [-0.1, -0.05) is 0 Å². The van der Waals surface area contributed by atoms with Crippen molar-refractivity contribution in [3.8, 4) is 0 Å². The molecule has 1 aromatic heterocycles. The lowest BCUT2D eigenvalue weighted by Gasteiger charge is -2.17. The van der Waals surface area contributed by atoms with Crippen LogP contribution in [0, 0.1) is 0 Å². The predicted molar refractivity (Wildman–Crippen MR) is 52.4 cm³/mol. The van der Waals surface area contributed by atoms with E-state index in [0.717, 1.165) is 0 Å². The van der Waals surface area contributed by atoms with Crippen molar-refractivity contribution in [2.24, 2.45) is 11.5 Å². The van der Waals surface area contributed by atoms with Gasteiger partial charge >= 0.3 is 0 Å². The van der Waals surface area contributed by atoms with E-state index in [2.05, 4.69) is 9.97 Å². The molecule has 0 radical (unpaired) electrons. The average Bonchev–Trinajstić information content (AvgIpc) is 2.16. The molecule has 0 aliphatic carbocycles. The number of nitrogens with two attached hydrogens (primary N) is 2. The highest BCUT2D eigenvalue weighted by Gasteiger charge is 2.10. The normalized spacial score (nSPS) is 9.86. The van der Waals surface area contributed by atoms with Gasteiger partial charge in [0.2, 0.25) is 5.91 Å². The Hall–Kier alpha value is -1.69. The smallest absolute Gasteiger partial charge is 0.236 e. The van der Waals surface area contributed by atoms with Crippen molar-refractivity contribution in [1.29, 1.82) is 0 Å². The Bertz CT molecular complexity index is 327. The molecule has 14 heavy (non-hydrogen) atoms. The minimum Gasteiger partial charge on any atom is -0.368 e. The first-order chi connectivity index (χ1) is 6.65. The summed E-state index contributed by atoms with van der Waals surface area (Å²) in [6.07, 6.45) is 3.11. The zero-order chi connectivity index (χ0) is 10.6. The highest BCUT2D eigenvalue weighted by Crippen LogP contribution is 2.11. The van der Waals surface area contributed by atoms with E-state index in [9.17, 15) is 4.79 Å². The van der Waals surface area contributed by atoms with Crippen LogP contribution in [0.15, 0.2) is 12.4 Å². The first-order valence-corrected chi connectivity index (χ1v) is 4.14. The number of hydrogen-bond acceptors (Lipinski definition) is 5. The molecule has 0 aromatic carbocycles. The molecular weight excluding hydrogens is 182 g/mol. The number of likely N-dealkylation sites (N-methyl/N-ethyl adjacent to an activating group) is 1. The minimum atomic E-state index is -0.416. The van der Waals surface area contributed by atoms with Crippen LogP contribution in [-0.2, 0) is 11.3 Å². The number of amides is 1. The Labute approximate surface area is 81.9 Å². The van der Waals surface area contributed by atoms with E-state index in [1.807, 2.05) is 0 Å². The van der Waals surface area contributed by atoms with Crippen LogP contribution in [0.25, 0.3) is 0 Å². The Morgan fingerprint density at radius 3 is 2.71 bits per heavy atom. The van der Waals surface area contributed by atoms with Crippen LogP contribution in [0.3, 0.4) is 0 Å². The van der Waals surface area contributed by atoms with E-state index in [-0.39, 0.29) is 13.1 Å². The van der Waals surface area contributed by atoms with E-state index in [4.69, 9.17) is 11.5 Å². The molecule has 0 saturated carbocycles. The third-order valence-corrected chi connectivity index (χ3v) is 1.70. The lowest BCUT2D eigenvalue weighted by molar-refractivity contribution is -0.116. The minimum absolute atomic E-state index is 0.103. The fourth-order valence-electron chi connectivity index (χ4n) is 1.13. The van der Waals surface area contributed by atoms with Gasteiger partial charge in [0.25, 0.3) is 0 Å². The van der Waals surface area contributed by atoms with Crippen LogP contribution < -0.4 is 16.4 Å². The monoisotopic (exact) mass is 195 g/mol. The van der Waals surface area contributed by atoms with Gasteiger partial charge in [-0.3, -0.25) is 9.78 Å². The van der Waals surface area contributed by atoms with Crippen molar-refractivity contribution in [3.05, 3.63) is 18.1 Å². The largest absolute Gasteiger partial charge is 0.368 e. The molecule has 0 atom stereocenters. The molecule has 0 saturated heterocycles. The number of primary amides is 1. The van der Waals surface area contributed by atoms with Crippen molar-refractivity contribution >= 4 is 11.7 Å². The number of nitrogens with zero attached hydrogens (tertiary/aromatic N) is 3. The van der Waals surface area contributed by atoms with Crippen molar-refractivity contribution < 1.29 is 4.79 Å². The van der Waals surface area contributed by atoms with E-state index >= 15 is 0 Å². The Morgan fingerprint density at radius 2 is 2.14 bits per heavy atom. The molecule has 1 aromatic rings. The predicted octanol–water partition coefficient (Wildman–Crippen LogP) is -1.14. The summed E-state index contributed by atoms with van der Waals surface area (Å²) in [6.45, 7) is 0.387. The van der Waals surface area contributed by atoms with Crippen molar-refractivity contribution in [2.45, 2.75) is 6.54 Å². The number of carbonyl (C=O) groups is 1. The summed E-state index contributed by atoms with van der Waals surface area (Å²) < 4.78 is 0. The van der Waals surface area contributed by atoms with Crippen LogP contribution in [0.1, 0.15) is 5.69 Å². The fraction of sp³-hybridized carbons (Fsp3) is 0.375. The number of carbonyl (C=O) groups excluding carboxylic acids is 1. The molecule has 1 amide bonds. The summed E-state index contributed by atoms with van der Waals surface area (Å²) in [4.78, 5) is 20.4. The molecule has 0 fully saturated rings. The van der Waals surface area contributed by atoms with Gasteiger partial charge in [-0.05, 0) is 0 Å². The second-order valence-corrected chi connectivity index (χ2v) is 2.85. The zero-order valence-electron chi connectivity index (χ0n) is 7.97. The molecule has 6 heteroatoms. The van der Waals surface area contributed by atoms with Crippen LogP contribution in [0.5, 0.6) is 0 Å². The molecule has 0 bridgehead atoms. The third-order valence-electron chi connectivity index (χ3n) is 1.70. The molecule has 0 aliphatic heterocycles. The SMILES string of the molecule is CN(CC(N)=O)c1nccnc1CN. The molecule has 0 aliphatic rings. The van der Waals surface area contributed by atoms with Gasteiger partial charge in [-0.25, -0.2) is 4.98 Å². The molecule has 0 spiro atoms. The van der Waals surface area contributed by atoms with Gasteiger partial charge in [0.15, 0.2) is 5.82 Å². The summed E-state index contributed by atoms with van der Waals surface area (Å²) in [5.74, 6) is 0.176. The first-order valence-electron chi connectivity index (χ1n) is 4.14. The number of rotatable bonds is 4. The summed E-state index contributed by atoms with van der Waals surface area (Å²) in [6, 6.07) is 0. The van der Waals surface area contributed by atoms with Crippen LogP contribution in [0.2, 0.25) is 0 Å². The topological polar surface area (TPSA) is 98.1 Å². The highest BCUT2D eigenvalue weighted by molar-refractivity contribution is 5.79. The summed E-state index contributed by atoms with van der Waals surface area (Å²) in [5.41, 5.74) is 11.2.